The third-order valence-electron chi connectivity index (χ3n) is 2.60. The van der Waals surface area contributed by atoms with E-state index in [4.69, 9.17) is 4.74 Å². The van der Waals surface area contributed by atoms with E-state index in [9.17, 15) is 4.79 Å². The predicted molar refractivity (Wildman–Crippen MR) is 60.3 cm³/mol. The summed E-state index contributed by atoms with van der Waals surface area (Å²) in [4.78, 5) is 13.7. The van der Waals surface area contributed by atoms with Crippen LogP contribution in [0.5, 0.6) is 0 Å². The van der Waals surface area contributed by atoms with Gasteiger partial charge in [0.1, 0.15) is 5.60 Å². The standard InChI is InChI=1S/C12H22NO2.Li/c1-9-7-6-8-10(2)13(9)11(14)15-12(3,4)5;/h9H,6-8H2,1-5H3;/q-1;+1/t9-;/m1./s1. The number of likely N-dealkylation sites (tertiary alicyclic amines) is 1. The van der Waals surface area contributed by atoms with E-state index in [0.29, 0.717) is 0 Å². The summed E-state index contributed by atoms with van der Waals surface area (Å²) >= 11 is 0. The number of carbonyl (C=O) groups excluding carboxylic acids is 1. The Morgan fingerprint density at radius 3 is 2.44 bits per heavy atom. The second kappa shape index (κ2) is 5.98. The summed E-state index contributed by atoms with van der Waals surface area (Å²) < 4.78 is 5.38. The molecule has 0 aromatic carbocycles. The van der Waals surface area contributed by atoms with Gasteiger partial charge in [0, 0.05) is 6.04 Å². The molecule has 1 aliphatic heterocycles. The Labute approximate surface area is 111 Å². The summed E-state index contributed by atoms with van der Waals surface area (Å²) in [6.45, 7) is 9.78. The summed E-state index contributed by atoms with van der Waals surface area (Å²) in [6.07, 6.45) is 3.04. The largest absolute Gasteiger partial charge is 1.00 e. The summed E-state index contributed by atoms with van der Waals surface area (Å²) in [7, 11) is 0. The molecule has 1 saturated heterocycles. The maximum atomic E-state index is 11.9. The number of hydrogen-bond acceptors (Lipinski definition) is 2. The number of carbonyl (C=O) groups is 1. The first-order chi connectivity index (χ1) is 6.81. The zero-order valence-corrected chi connectivity index (χ0v) is 11.5. The molecule has 0 aliphatic carbocycles. The van der Waals surface area contributed by atoms with Crippen LogP contribution in [0, 0.1) is 6.04 Å². The van der Waals surface area contributed by atoms with Crippen molar-refractivity contribution in [1.82, 2.24) is 4.90 Å². The van der Waals surface area contributed by atoms with Gasteiger partial charge >= 0.3 is 25.0 Å². The van der Waals surface area contributed by atoms with E-state index in [2.05, 4.69) is 6.92 Å². The molecule has 0 saturated carbocycles. The average molecular weight is 219 g/mol. The molecule has 1 rings (SSSR count). The Kier molecular flexibility index (Phi) is 5.93. The van der Waals surface area contributed by atoms with Crippen LogP contribution in [-0.2, 0) is 4.74 Å². The van der Waals surface area contributed by atoms with Crippen molar-refractivity contribution in [2.45, 2.75) is 65.5 Å². The minimum atomic E-state index is -0.408. The average Bonchev–Trinajstić information content (AvgIpc) is 1.99. The molecule has 0 N–H and O–H groups in total. The van der Waals surface area contributed by atoms with Gasteiger partial charge < -0.3 is 9.64 Å². The van der Waals surface area contributed by atoms with Crippen molar-refractivity contribution < 1.29 is 28.4 Å². The Morgan fingerprint density at radius 2 is 2.00 bits per heavy atom. The minimum Gasteiger partial charge on any atom is -0.453 e. The van der Waals surface area contributed by atoms with Crippen molar-refractivity contribution in [3.63, 3.8) is 0 Å². The summed E-state index contributed by atoms with van der Waals surface area (Å²) in [5, 5.41) is 0. The molecular weight excluding hydrogens is 197 g/mol. The van der Waals surface area contributed by atoms with Crippen LogP contribution in [-0.4, -0.2) is 22.6 Å². The van der Waals surface area contributed by atoms with E-state index in [1.165, 1.54) is 6.42 Å². The second-order valence-corrected chi connectivity index (χ2v) is 5.33. The van der Waals surface area contributed by atoms with Gasteiger partial charge in [-0.25, -0.2) is 10.8 Å². The van der Waals surface area contributed by atoms with Crippen LogP contribution in [0.25, 0.3) is 0 Å². The zero-order chi connectivity index (χ0) is 11.6. The molecule has 0 radical (unpaired) electrons. The van der Waals surface area contributed by atoms with E-state index in [0.717, 1.165) is 18.9 Å². The molecule has 0 bridgehead atoms. The normalized spacial score (nSPS) is 22.6. The summed E-state index contributed by atoms with van der Waals surface area (Å²) in [6, 6.07) is 1.40. The molecule has 16 heavy (non-hydrogen) atoms. The quantitative estimate of drug-likeness (QED) is 0.434. The van der Waals surface area contributed by atoms with Gasteiger partial charge in [0.25, 0.3) is 0 Å². The molecule has 0 aromatic rings. The number of rotatable bonds is 0. The summed E-state index contributed by atoms with van der Waals surface area (Å²) in [5.74, 6) is 0. The maximum Gasteiger partial charge on any atom is 1.00 e. The van der Waals surface area contributed by atoms with Crippen molar-refractivity contribution in [1.29, 1.82) is 0 Å². The monoisotopic (exact) mass is 219 g/mol. The fourth-order valence-corrected chi connectivity index (χ4v) is 1.93. The fraction of sp³-hybridized carbons (Fsp3) is 0.833. The zero-order valence-electron chi connectivity index (χ0n) is 11.5. The third-order valence-corrected chi connectivity index (χ3v) is 2.60. The maximum absolute atomic E-state index is 11.9. The molecule has 4 heteroatoms. The van der Waals surface area contributed by atoms with Crippen molar-refractivity contribution in [3.05, 3.63) is 6.04 Å². The topological polar surface area (TPSA) is 29.5 Å². The van der Waals surface area contributed by atoms with E-state index < -0.39 is 5.60 Å². The van der Waals surface area contributed by atoms with Gasteiger partial charge in [0.2, 0.25) is 0 Å². The van der Waals surface area contributed by atoms with Crippen LogP contribution >= 0.6 is 0 Å². The molecule has 1 heterocycles. The van der Waals surface area contributed by atoms with Gasteiger partial charge in [-0.05, 0) is 34.1 Å². The van der Waals surface area contributed by atoms with E-state index in [1.807, 2.05) is 27.7 Å². The van der Waals surface area contributed by atoms with E-state index in [-0.39, 0.29) is 31.0 Å². The number of hydrogen-bond donors (Lipinski definition) is 0. The van der Waals surface area contributed by atoms with Crippen LogP contribution in [0.15, 0.2) is 0 Å². The molecule has 1 atom stereocenters. The summed E-state index contributed by atoms with van der Waals surface area (Å²) in [5.41, 5.74) is -0.408. The number of amides is 1. The van der Waals surface area contributed by atoms with Gasteiger partial charge in [-0.1, -0.05) is 6.42 Å². The predicted octanol–water partition coefficient (Wildman–Crippen LogP) is 0.352. The molecule has 0 unspecified atom stereocenters. The molecule has 1 aliphatic rings. The molecule has 0 aromatic heterocycles. The van der Waals surface area contributed by atoms with Gasteiger partial charge in [0.15, 0.2) is 0 Å². The third kappa shape index (κ3) is 4.39. The Balaban J connectivity index is 0.00000225. The molecule has 1 amide bonds. The van der Waals surface area contributed by atoms with E-state index in [1.54, 1.807) is 4.90 Å². The smallest absolute Gasteiger partial charge is 0.453 e. The Bertz CT molecular complexity index is 228. The van der Waals surface area contributed by atoms with Gasteiger partial charge in [0.05, 0.1) is 0 Å². The van der Waals surface area contributed by atoms with Crippen LogP contribution in [0.1, 0.15) is 53.9 Å². The SMILES string of the molecule is C[C-]1CCC[C@@H](C)N1C(=O)OC(C)(C)C.[Li+]. The molecule has 0 spiro atoms. The first kappa shape index (κ1) is 15.9. The molecule has 88 valence electrons. The number of ether oxygens (including phenoxy) is 1. The van der Waals surface area contributed by atoms with Crippen LogP contribution in [0.4, 0.5) is 4.79 Å². The first-order valence-electron chi connectivity index (χ1n) is 5.66. The fourth-order valence-electron chi connectivity index (χ4n) is 1.93. The number of piperidine rings is 1. The van der Waals surface area contributed by atoms with Crippen LogP contribution < -0.4 is 18.9 Å². The van der Waals surface area contributed by atoms with Crippen LogP contribution in [0.2, 0.25) is 0 Å². The number of nitrogens with zero attached hydrogens (tertiary/aromatic N) is 1. The van der Waals surface area contributed by atoms with Gasteiger partial charge in [-0.2, -0.15) is 13.3 Å². The Morgan fingerprint density at radius 1 is 1.44 bits per heavy atom. The molecular formula is C12H22LiNO2. The van der Waals surface area contributed by atoms with Crippen molar-refractivity contribution in [3.8, 4) is 0 Å². The first-order valence-corrected chi connectivity index (χ1v) is 5.66. The minimum absolute atomic E-state index is 0. The molecule has 3 nitrogen and oxygen atoms in total. The second-order valence-electron chi connectivity index (χ2n) is 5.33. The van der Waals surface area contributed by atoms with Gasteiger partial charge in [-0.3, -0.25) is 0 Å². The van der Waals surface area contributed by atoms with Crippen molar-refractivity contribution >= 4 is 6.09 Å². The molecule has 1 fully saturated rings. The van der Waals surface area contributed by atoms with Crippen LogP contribution in [0.3, 0.4) is 0 Å². The van der Waals surface area contributed by atoms with Crippen molar-refractivity contribution in [2.24, 2.45) is 0 Å². The van der Waals surface area contributed by atoms with Crippen molar-refractivity contribution in [2.75, 3.05) is 0 Å². The van der Waals surface area contributed by atoms with Gasteiger partial charge in [-0.15, -0.1) is 0 Å². The Hall–Kier alpha value is -0.133. The van der Waals surface area contributed by atoms with E-state index >= 15 is 0 Å².